The Balaban J connectivity index is 1.52. The Labute approximate surface area is 188 Å². The fourth-order valence-electron chi connectivity index (χ4n) is 3.77. The van der Waals surface area contributed by atoms with Crippen molar-refractivity contribution in [2.24, 2.45) is 5.16 Å². The highest BCUT2D eigenvalue weighted by Crippen LogP contribution is 2.39. The molecule has 1 amide bonds. The van der Waals surface area contributed by atoms with Gasteiger partial charge in [-0.3, -0.25) is 4.79 Å². The molecule has 1 aromatic heterocycles. The van der Waals surface area contributed by atoms with E-state index in [0.29, 0.717) is 23.6 Å². The van der Waals surface area contributed by atoms with Gasteiger partial charge in [0.15, 0.2) is 0 Å². The predicted molar refractivity (Wildman–Crippen MR) is 118 cm³/mol. The van der Waals surface area contributed by atoms with Crippen molar-refractivity contribution in [1.82, 2.24) is 0 Å². The number of nitrogens with zero attached hydrogens (tertiary/aromatic N) is 1. The number of carbonyl (C=O) groups is 2. The average molecular weight is 465 g/mol. The predicted octanol–water partition coefficient (Wildman–Crippen LogP) is 5.12. The van der Waals surface area contributed by atoms with Crippen molar-refractivity contribution < 1.29 is 23.6 Å². The molecule has 9 heteroatoms. The number of anilines is 1. The molecule has 1 atom stereocenters. The number of thiophene rings is 1. The number of ether oxygens (including phenoxy) is 1. The molecule has 0 bridgehead atoms. The number of amides is 1. The van der Waals surface area contributed by atoms with Gasteiger partial charge >= 0.3 is 5.97 Å². The Morgan fingerprint density at radius 1 is 1.35 bits per heavy atom. The second-order valence-electron chi connectivity index (χ2n) is 7.47. The van der Waals surface area contributed by atoms with E-state index in [2.05, 4.69) is 10.5 Å². The lowest BCUT2D eigenvalue weighted by Crippen LogP contribution is -2.28. The van der Waals surface area contributed by atoms with Crippen molar-refractivity contribution in [2.75, 3.05) is 11.9 Å². The van der Waals surface area contributed by atoms with Gasteiger partial charge in [-0.05, 0) is 49.8 Å². The van der Waals surface area contributed by atoms with Crippen molar-refractivity contribution in [1.29, 1.82) is 0 Å². The standard InChI is InChI=1S/C22H22ClFN2O4S/c1-2-10-29-22(28)18-12-6-3-4-9-17(12)31-21(18)25-20(27)16-11-15(26-30-16)19-13(23)7-5-8-14(19)24/h5,7-8,16H,2-4,6,9-11H2,1H3,(H,25,27). The lowest BCUT2D eigenvalue weighted by atomic mass is 9.95. The zero-order valence-electron chi connectivity index (χ0n) is 17.0. The van der Waals surface area contributed by atoms with Gasteiger partial charge in [-0.25, -0.2) is 9.18 Å². The number of carbonyl (C=O) groups excluding carboxylic acids is 2. The lowest BCUT2D eigenvalue weighted by molar-refractivity contribution is -0.125. The van der Waals surface area contributed by atoms with E-state index in [1.807, 2.05) is 6.92 Å². The quantitative estimate of drug-likeness (QED) is 0.602. The summed E-state index contributed by atoms with van der Waals surface area (Å²) in [6.45, 7) is 2.25. The number of esters is 1. The first kappa shape index (κ1) is 21.8. The highest BCUT2D eigenvalue weighted by atomic mass is 35.5. The maximum atomic E-state index is 14.2. The Kier molecular flexibility index (Phi) is 6.57. The number of hydrogen-bond acceptors (Lipinski definition) is 6. The van der Waals surface area contributed by atoms with Crippen LogP contribution in [0, 0.1) is 5.82 Å². The maximum absolute atomic E-state index is 14.2. The van der Waals surface area contributed by atoms with Gasteiger partial charge in [0.05, 0.1) is 28.5 Å². The zero-order valence-corrected chi connectivity index (χ0v) is 18.6. The van der Waals surface area contributed by atoms with Crippen molar-refractivity contribution in [2.45, 2.75) is 51.6 Å². The van der Waals surface area contributed by atoms with Gasteiger partial charge in [-0.2, -0.15) is 0 Å². The van der Waals surface area contributed by atoms with E-state index >= 15 is 0 Å². The van der Waals surface area contributed by atoms with Crippen LogP contribution in [0.4, 0.5) is 9.39 Å². The van der Waals surface area contributed by atoms with E-state index in [4.69, 9.17) is 21.2 Å². The summed E-state index contributed by atoms with van der Waals surface area (Å²) in [5.41, 5.74) is 1.82. The van der Waals surface area contributed by atoms with E-state index < -0.39 is 23.8 Å². The molecule has 1 unspecified atom stereocenters. The van der Waals surface area contributed by atoms with Gasteiger partial charge in [0.1, 0.15) is 10.8 Å². The van der Waals surface area contributed by atoms with Gasteiger partial charge in [0.2, 0.25) is 6.10 Å². The third kappa shape index (κ3) is 4.45. The SMILES string of the molecule is CCCOC(=O)c1c(NC(=O)C2CC(c3c(F)cccc3Cl)=NO2)sc2c1CCCC2. The molecule has 1 aromatic carbocycles. The summed E-state index contributed by atoms with van der Waals surface area (Å²) in [5.74, 6) is -1.39. The normalized spacial score (nSPS) is 17.5. The molecule has 2 aliphatic rings. The van der Waals surface area contributed by atoms with Crippen LogP contribution >= 0.6 is 22.9 Å². The number of fused-ring (bicyclic) bond motifs is 1. The van der Waals surface area contributed by atoms with Crippen LogP contribution < -0.4 is 5.32 Å². The number of aryl methyl sites for hydroxylation is 1. The molecular weight excluding hydrogens is 443 g/mol. The van der Waals surface area contributed by atoms with Crippen LogP contribution in [0.1, 0.15) is 59.0 Å². The van der Waals surface area contributed by atoms with Gasteiger partial charge in [0, 0.05) is 11.3 Å². The molecule has 2 heterocycles. The molecule has 0 fully saturated rings. The minimum Gasteiger partial charge on any atom is -0.462 e. The summed E-state index contributed by atoms with van der Waals surface area (Å²) in [5, 5.41) is 7.38. The van der Waals surface area contributed by atoms with E-state index in [1.165, 1.54) is 23.5 Å². The highest BCUT2D eigenvalue weighted by Gasteiger charge is 2.33. The third-order valence-electron chi connectivity index (χ3n) is 5.26. The second kappa shape index (κ2) is 9.36. The molecule has 1 N–H and O–H groups in total. The fourth-order valence-corrected chi connectivity index (χ4v) is 5.32. The van der Waals surface area contributed by atoms with E-state index in [0.717, 1.165) is 36.1 Å². The minimum atomic E-state index is -0.940. The summed E-state index contributed by atoms with van der Waals surface area (Å²) >= 11 is 7.50. The lowest BCUT2D eigenvalue weighted by Gasteiger charge is -2.13. The van der Waals surface area contributed by atoms with E-state index in [9.17, 15) is 14.0 Å². The molecule has 0 saturated carbocycles. The maximum Gasteiger partial charge on any atom is 0.341 e. The number of nitrogens with one attached hydrogen (secondary N) is 1. The molecule has 1 aliphatic carbocycles. The number of hydrogen-bond donors (Lipinski definition) is 1. The largest absolute Gasteiger partial charge is 0.462 e. The van der Waals surface area contributed by atoms with Crippen LogP contribution in [0.3, 0.4) is 0 Å². The average Bonchev–Trinajstić information content (AvgIpc) is 3.36. The van der Waals surface area contributed by atoms with Gasteiger partial charge < -0.3 is 14.9 Å². The summed E-state index contributed by atoms with van der Waals surface area (Å²) < 4.78 is 19.5. The van der Waals surface area contributed by atoms with Crippen LogP contribution in [-0.2, 0) is 27.2 Å². The topological polar surface area (TPSA) is 77.0 Å². The highest BCUT2D eigenvalue weighted by molar-refractivity contribution is 7.17. The summed E-state index contributed by atoms with van der Waals surface area (Å²) in [6.07, 6.45) is 3.57. The van der Waals surface area contributed by atoms with Crippen LogP contribution in [0.25, 0.3) is 0 Å². The Bertz CT molecular complexity index is 1030. The van der Waals surface area contributed by atoms with E-state index in [1.54, 1.807) is 6.07 Å². The first-order chi connectivity index (χ1) is 15.0. The molecule has 0 radical (unpaired) electrons. The van der Waals surface area contributed by atoms with Gasteiger partial charge in [-0.15, -0.1) is 11.3 Å². The van der Waals surface area contributed by atoms with Gasteiger partial charge in [-0.1, -0.05) is 29.7 Å². The molecule has 0 saturated heterocycles. The molecule has 164 valence electrons. The smallest absolute Gasteiger partial charge is 0.341 e. The summed E-state index contributed by atoms with van der Waals surface area (Å²) in [6, 6.07) is 4.33. The Morgan fingerprint density at radius 3 is 2.94 bits per heavy atom. The summed E-state index contributed by atoms with van der Waals surface area (Å²) in [7, 11) is 0. The molecule has 1 aliphatic heterocycles. The van der Waals surface area contributed by atoms with Crippen molar-refractivity contribution in [3.05, 3.63) is 50.6 Å². The number of benzene rings is 1. The Morgan fingerprint density at radius 2 is 2.16 bits per heavy atom. The van der Waals surface area contributed by atoms with Gasteiger partial charge in [0.25, 0.3) is 5.91 Å². The van der Waals surface area contributed by atoms with E-state index in [-0.39, 0.29) is 22.7 Å². The van der Waals surface area contributed by atoms with Crippen LogP contribution in [-0.4, -0.2) is 30.3 Å². The first-order valence-electron chi connectivity index (χ1n) is 10.3. The van der Waals surface area contributed by atoms with Crippen LogP contribution in [0.2, 0.25) is 5.02 Å². The third-order valence-corrected chi connectivity index (χ3v) is 6.78. The molecule has 2 aromatic rings. The minimum absolute atomic E-state index is 0.0766. The molecule has 6 nitrogen and oxygen atoms in total. The number of oxime groups is 1. The van der Waals surface area contributed by atoms with Crippen molar-refractivity contribution in [3.8, 4) is 0 Å². The Hall–Kier alpha value is -2.45. The zero-order chi connectivity index (χ0) is 22.0. The first-order valence-corrected chi connectivity index (χ1v) is 11.5. The van der Waals surface area contributed by atoms with Crippen LogP contribution in [0.5, 0.6) is 0 Å². The molecule has 4 rings (SSSR count). The van der Waals surface area contributed by atoms with Crippen molar-refractivity contribution >= 4 is 45.5 Å². The summed E-state index contributed by atoms with van der Waals surface area (Å²) in [4.78, 5) is 32.0. The molecule has 31 heavy (non-hydrogen) atoms. The molecular formula is C22H22ClFN2O4S. The monoisotopic (exact) mass is 464 g/mol. The van der Waals surface area contributed by atoms with Crippen LogP contribution in [0.15, 0.2) is 23.4 Å². The number of rotatable bonds is 6. The second-order valence-corrected chi connectivity index (χ2v) is 8.99. The van der Waals surface area contributed by atoms with Crippen molar-refractivity contribution in [3.63, 3.8) is 0 Å². The molecule has 0 spiro atoms. The fraction of sp³-hybridized carbons (Fsp3) is 0.409. The number of halogens is 2.